The Hall–Kier alpha value is -2.54. The van der Waals surface area contributed by atoms with Crippen molar-refractivity contribution in [1.82, 2.24) is 4.98 Å². The zero-order valence-corrected chi connectivity index (χ0v) is 9.21. The largest absolute Gasteiger partial charge is 0.508 e. The van der Waals surface area contributed by atoms with E-state index in [1.165, 1.54) is 0 Å². The monoisotopic (exact) mass is 226 g/mol. The lowest BCUT2D eigenvalue weighted by Crippen LogP contribution is -1.93. The van der Waals surface area contributed by atoms with Crippen molar-refractivity contribution in [3.05, 3.63) is 47.7 Å². The number of hydrogen-bond acceptors (Lipinski definition) is 4. The number of benzene rings is 1. The van der Waals surface area contributed by atoms with Crippen molar-refractivity contribution in [3.63, 3.8) is 0 Å². The molecule has 4 heteroatoms. The van der Waals surface area contributed by atoms with Gasteiger partial charge in [-0.15, -0.1) is 0 Å². The molecule has 4 nitrogen and oxygen atoms in total. The summed E-state index contributed by atoms with van der Waals surface area (Å²) in [6.07, 6.45) is 1.55. The van der Waals surface area contributed by atoms with Crippen molar-refractivity contribution < 1.29 is 9.84 Å². The zero-order chi connectivity index (χ0) is 12.3. The van der Waals surface area contributed by atoms with E-state index in [0.717, 1.165) is 0 Å². The number of hydrogen-bond donors (Lipinski definition) is 1. The number of ether oxygens (including phenoxy) is 1. The number of aromatic nitrogens is 1. The van der Waals surface area contributed by atoms with Crippen molar-refractivity contribution in [2.24, 2.45) is 0 Å². The van der Waals surface area contributed by atoms with Crippen LogP contribution in [0.5, 0.6) is 17.4 Å². The van der Waals surface area contributed by atoms with E-state index in [4.69, 9.17) is 10.00 Å². The summed E-state index contributed by atoms with van der Waals surface area (Å²) in [5, 5.41) is 18.4. The molecule has 1 aromatic carbocycles. The summed E-state index contributed by atoms with van der Waals surface area (Å²) >= 11 is 0. The molecule has 1 N–H and O–H groups in total. The van der Waals surface area contributed by atoms with Gasteiger partial charge in [0.15, 0.2) is 0 Å². The minimum atomic E-state index is 0.150. The third kappa shape index (κ3) is 2.18. The molecule has 0 saturated carbocycles. The van der Waals surface area contributed by atoms with Gasteiger partial charge in [0.05, 0.1) is 0 Å². The van der Waals surface area contributed by atoms with E-state index in [0.29, 0.717) is 16.9 Å². The Bertz CT molecular complexity index is 588. The van der Waals surface area contributed by atoms with Gasteiger partial charge in [0.1, 0.15) is 23.1 Å². The second-order valence-electron chi connectivity index (χ2n) is 3.47. The molecule has 0 aliphatic heterocycles. The first-order valence-electron chi connectivity index (χ1n) is 5.04. The van der Waals surface area contributed by atoms with Gasteiger partial charge in [-0.25, -0.2) is 4.98 Å². The molecule has 0 aliphatic carbocycles. The second-order valence-corrected chi connectivity index (χ2v) is 3.47. The molecular formula is C13H10N2O2. The van der Waals surface area contributed by atoms with Crippen LogP contribution in [0.15, 0.2) is 36.5 Å². The van der Waals surface area contributed by atoms with Crippen molar-refractivity contribution in [1.29, 1.82) is 5.26 Å². The summed E-state index contributed by atoms with van der Waals surface area (Å²) in [5.74, 6) is 0.876. The summed E-state index contributed by atoms with van der Waals surface area (Å²) in [6, 6.07) is 10.3. The minimum absolute atomic E-state index is 0.150. The molecule has 84 valence electrons. The number of rotatable bonds is 2. The van der Waals surface area contributed by atoms with Gasteiger partial charge in [-0.05, 0) is 31.2 Å². The van der Waals surface area contributed by atoms with Crippen LogP contribution in [-0.2, 0) is 0 Å². The molecule has 0 atom stereocenters. The van der Waals surface area contributed by atoms with Gasteiger partial charge in [-0.3, -0.25) is 0 Å². The topological polar surface area (TPSA) is 66.1 Å². The Balaban J connectivity index is 2.39. The minimum Gasteiger partial charge on any atom is -0.508 e. The van der Waals surface area contributed by atoms with Gasteiger partial charge >= 0.3 is 0 Å². The number of nitriles is 1. The molecule has 0 aliphatic rings. The zero-order valence-electron chi connectivity index (χ0n) is 9.21. The molecular weight excluding hydrogens is 216 g/mol. The summed E-state index contributed by atoms with van der Waals surface area (Å²) in [5.41, 5.74) is 0.970. The van der Waals surface area contributed by atoms with Gasteiger partial charge in [-0.1, -0.05) is 6.07 Å². The fraction of sp³-hybridized carbons (Fsp3) is 0.0769. The van der Waals surface area contributed by atoms with E-state index >= 15 is 0 Å². The molecule has 0 bridgehead atoms. The Kier molecular flexibility index (Phi) is 2.93. The lowest BCUT2D eigenvalue weighted by atomic mass is 10.2. The van der Waals surface area contributed by atoms with Crippen molar-refractivity contribution >= 4 is 0 Å². The molecule has 0 amide bonds. The highest BCUT2D eigenvalue weighted by molar-refractivity contribution is 5.46. The molecule has 0 saturated heterocycles. The lowest BCUT2D eigenvalue weighted by molar-refractivity contribution is 0.438. The predicted molar refractivity (Wildman–Crippen MR) is 61.9 cm³/mol. The van der Waals surface area contributed by atoms with E-state index in [2.05, 4.69) is 4.98 Å². The van der Waals surface area contributed by atoms with E-state index < -0.39 is 0 Å². The van der Waals surface area contributed by atoms with Gasteiger partial charge in [0.2, 0.25) is 5.88 Å². The maximum Gasteiger partial charge on any atom is 0.237 e. The Morgan fingerprint density at radius 1 is 1.29 bits per heavy atom. The SMILES string of the molecule is Cc1c(O)cccc1Oc1ncccc1C#N. The maximum atomic E-state index is 9.54. The van der Waals surface area contributed by atoms with Crippen molar-refractivity contribution in [3.8, 4) is 23.4 Å². The van der Waals surface area contributed by atoms with Crippen LogP contribution in [0.2, 0.25) is 0 Å². The van der Waals surface area contributed by atoms with Crippen LogP contribution in [0, 0.1) is 18.3 Å². The first-order valence-corrected chi connectivity index (χ1v) is 5.04. The Morgan fingerprint density at radius 2 is 2.12 bits per heavy atom. The Morgan fingerprint density at radius 3 is 2.88 bits per heavy atom. The summed E-state index contributed by atoms with van der Waals surface area (Å²) in [6.45, 7) is 1.74. The van der Waals surface area contributed by atoms with Gasteiger partial charge in [0, 0.05) is 11.8 Å². The summed E-state index contributed by atoms with van der Waals surface area (Å²) in [4.78, 5) is 3.99. The first kappa shape index (κ1) is 11.0. The first-order chi connectivity index (χ1) is 8.22. The Labute approximate surface area is 98.7 Å². The van der Waals surface area contributed by atoms with Crippen LogP contribution < -0.4 is 4.74 Å². The quantitative estimate of drug-likeness (QED) is 0.855. The third-order valence-corrected chi connectivity index (χ3v) is 2.35. The number of aromatic hydroxyl groups is 1. The van der Waals surface area contributed by atoms with Crippen molar-refractivity contribution in [2.45, 2.75) is 6.92 Å². The van der Waals surface area contributed by atoms with Crippen LogP contribution in [0.3, 0.4) is 0 Å². The van der Waals surface area contributed by atoms with Crippen molar-refractivity contribution in [2.75, 3.05) is 0 Å². The summed E-state index contributed by atoms with van der Waals surface area (Å²) < 4.78 is 5.52. The van der Waals surface area contributed by atoms with Gasteiger partial charge in [-0.2, -0.15) is 5.26 Å². The summed E-state index contributed by atoms with van der Waals surface area (Å²) in [7, 11) is 0. The van der Waals surface area contributed by atoms with Crippen LogP contribution >= 0.6 is 0 Å². The van der Waals surface area contributed by atoms with Crippen LogP contribution in [0.25, 0.3) is 0 Å². The average Bonchev–Trinajstić information content (AvgIpc) is 2.35. The molecule has 2 rings (SSSR count). The smallest absolute Gasteiger partial charge is 0.237 e. The van der Waals surface area contributed by atoms with Gasteiger partial charge < -0.3 is 9.84 Å². The molecule has 0 fully saturated rings. The van der Waals surface area contributed by atoms with Crippen LogP contribution in [0.4, 0.5) is 0 Å². The number of phenolic OH excluding ortho intramolecular Hbond substituents is 1. The van der Waals surface area contributed by atoms with Crippen LogP contribution in [-0.4, -0.2) is 10.1 Å². The van der Waals surface area contributed by atoms with E-state index in [-0.39, 0.29) is 11.6 Å². The standard InChI is InChI=1S/C13H10N2O2/c1-9-11(16)5-2-6-12(9)17-13-10(8-14)4-3-7-15-13/h2-7,16H,1H3. The fourth-order valence-corrected chi connectivity index (χ4v) is 1.37. The number of phenols is 1. The van der Waals surface area contributed by atoms with Crippen LogP contribution in [0.1, 0.15) is 11.1 Å². The molecule has 1 aromatic heterocycles. The van der Waals surface area contributed by atoms with E-state index in [9.17, 15) is 5.11 Å². The molecule has 2 aromatic rings. The van der Waals surface area contributed by atoms with E-state index in [1.807, 2.05) is 6.07 Å². The lowest BCUT2D eigenvalue weighted by Gasteiger charge is -2.09. The third-order valence-electron chi connectivity index (χ3n) is 2.35. The molecule has 0 spiro atoms. The normalized spacial score (nSPS) is 9.65. The van der Waals surface area contributed by atoms with E-state index in [1.54, 1.807) is 43.5 Å². The highest BCUT2D eigenvalue weighted by Crippen LogP contribution is 2.30. The molecule has 1 heterocycles. The molecule has 0 unspecified atom stereocenters. The predicted octanol–water partition coefficient (Wildman–Crippen LogP) is 2.76. The average molecular weight is 226 g/mol. The molecule has 17 heavy (non-hydrogen) atoms. The second kappa shape index (κ2) is 4.54. The highest BCUT2D eigenvalue weighted by Gasteiger charge is 2.09. The number of pyridine rings is 1. The molecule has 0 radical (unpaired) electrons. The van der Waals surface area contributed by atoms with Gasteiger partial charge in [0.25, 0.3) is 0 Å². The number of nitrogens with zero attached hydrogens (tertiary/aromatic N) is 2. The maximum absolute atomic E-state index is 9.54. The fourth-order valence-electron chi connectivity index (χ4n) is 1.37. The highest BCUT2D eigenvalue weighted by atomic mass is 16.5.